The Bertz CT molecular complexity index is 677. The van der Waals surface area contributed by atoms with Crippen molar-refractivity contribution >= 4 is 11.7 Å². The van der Waals surface area contributed by atoms with Crippen molar-refractivity contribution in [1.29, 1.82) is 0 Å². The molecule has 1 amide bonds. The molecule has 1 aromatic carbocycles. The van der Waals surface area contributed by atoms with E-state index in [1.165, 1.54) is 0 Å². The van der Waals surface area contributed by atoms with E-state index in [1.807, 2.05) is 55.1 Å². The molecule has 0 unspecified atom stereocenters. The maximum absolute atomic E-state index is 12.5. The summed E-state index contributed by atoms with van der Waals surface area (Å²) in [5.41, 5.74) is 1.90. The molecule has 1 fully saturated rings. The molecule has 0 atom stereocenters. The normalized spacial score (nSPS) is 14.6. The molecule has 1 saturated heterocycles. The summed E-state index contributed by atoms with van der Waals surface area (Å²) >= 11 is 0. The van der Waals surface area contributed by atoms with Crippen LogP contribution in [0.2, 0.25) is 0 Å². The van der Waals surface area contributed by atoms with Crippen LogP contribution in [0.5, 0.6) is 5.88 Å². The van der Waals surface area contributed by atoms with Crippen LogP contribution in [0.3, 0.4) is 0 Å². The zero-order chi connectivity index (χ0) is 16.9. The monoisotopic (exact) mass is 326 g/mol. The van der Waals surface area contributed by atoms with Crippen LogP contribution in [-0.2, 0) is 0 Å². The molecule has 1 aliphatic heterocycles. The summed E-state index contributed by atoms with van der Waals surface area (Å²) in [7, 11) is 0. The van der Waals surface area contributed by atoms with Gasteiger partial charge in [0.2, 0.25) is 5.88 Å². The Morgan fingerprint density at radius 2 is 1.75 bits per heavy atom. The summed E-state index contributed by atoms with van der Waals surface area (Å²) in [6.07, 6.45) is 0. The number of carbonyl (C=O) groups excluding carboxylic acids is 1. The lowest BCUT2D eigenvalue weighted by Gasteiger charge is -2.35. The second-order valence-electron chi connectivity index (χ2n) is 5.81. The Kier molecular flexibility index (Phi) is 4.93. The fourth-order valence-electron chi connectivity index (χ4n) is 2.72. The summed E-state index contributed by atoms with van der Waals surface area (Å²) in [6, 6.07) is 11.5. The van der Waals surface area contributed by atoms with Crippen molar-refractivity contribution in [3.63, 3.8) is 0 Å². The summed E-state index contributed by atoms with van der Waals surface area (Å²) in [5, 5.41) is 8.27. The predicted octanol–water partition coefficient (Wildman–Crippen LogP) is 2.15. The number of aryl methyl sites for hydroxylation is 1. The second-order valence-corrected chi connectivity index (χ2v) is 5.81. The molecule has 24 heavy (non-hydrogen) atoms. The number of aromatic nitrogens is 2. The molecule has 0 N–H and O–H groups in total. The van der Waals surface area contributed by atoms with Crippen molar-refractivity contribution in [3.05, 3.63) is 47.5 Å². The molecule has 0 radical (unpaired) electrons. The standard InChI is InChI=1S/C18H22N4O2/c1-3-24-17-9-8-16(19-20-17)21-10-12-22(13-11-21)18(23)15-6-4-14(2)5-7-15/h4-9H,3,10-13H2,1-2H3. The van der Waals surface area contributed by atoms with E-state index in [0.29, 0.717) is 25.6 Å². The molecular weight excluding hydrogens is 304 g/mol. The average molecular weight is 326 g/mol. The van der Waals surface area contributed by atoms with Crippen LogP contribution in [0.15, 0.2) is 36.4 Å². The highest BCUT2D eigenvalue weighted by Gasteiger charge is 2.23. The highest BCUT2D eigenvalue weighted by atomic mass is 16.5. The molecule has 0 bridgehead atoms. The van der Waals surface area contributed by atoms with Gasteiger partial charge in [-0.3, -0.25) is 4.79 Å². The van der Waals surface area contributed by atoms with E-state index >= 15 is 0 Å². The summed E-state index contributed by atoms with van der Waals surface area (Å²) in [4.78, 5) is 16.6. The molecule has 0 saturated carbocycles. The van der Waals surface area contributed by atoms with E-state index in [0.717, 1.165) is 30.0 Å². The van der Waals surface area contributed by atoms with Gasteiger partial charge in [-0.25, -0.2) is 0 Å². The van der Waals surface area contributed by atoms with Gasteiger partial charge in [-0.05, 0) is 32.0 Å². The third kappa shape index (κ3) is 3.64. The topological polar surface area (TPSA) is 58.6 Å². The quantitative estimate of drug-likeness (QED) is 0.861. The number of anilines is 1. The van der Waals surface area contributed by atoms with Gasteiger partial charge in [-0.15, -0.1) is 10.2 Å². The average Bonchev–Trinajstić information content (AvgIpc) is 2.63. The Hall–Kier alpha value is -2.63. The molecule has 2 aromatic rings. The minimum absolute atomic E-state index is 0.0902. The SMILES string of the molecule is CCOc1ccc(N2CCN(C(=O)c3ccc(C)cc3)CC2)nn1. The zero-order valence-corrected chi connectivity index (χ0v) is 14.1. The lowest BCUT2D eigenvalue weighted by atomic mass is 10.1. The lowest BCUT2D eigenvalue weighted by Crippen LogP contribution is -2.49. The summed E-state index contributed by atoms with van der Waals surface area (Å²) in [6.45, 7) is 7.38. The van der Waals surface area contributed by atoms with Gasteiger partial charge in [0.15, 0.2) is 5.82 Å². The van der Waals surface area contributed by atoms with Crippen LogP contribution in [-0.4, -0.2) is 53.8 Å². The molecule has 126 valence electrons. The molecule has 0 spiro atoms. The minimum Gasteiger partial charge on any atom is -0.477 e. The van der Waals surface area contributed by atoms with Crippen LogP contribution in [0.1, 0.15) is 22.8 Å². The van der Waals surface area contributed by atoms with Gasteiger partial charge in [-0.2, -0.15) is 0 Å². The van der Waals surface area contributed by atoms with Gasteiger partial charge in [-0.1, -0.05) is 17.7 Å². The largest absolute Gasteiger partial charge is 0.477 e. The second kappa shape index (κ2) is 7.29. The number of amides is 1. The first-order chi connectivity index (χ1) is 11.7. The smallest absolute Gasteiger partial charge is 0.253 e. The zero-order valence-electron chi connectivity index (χ0n) is 14.1. The molecule has 6 heteroatoms. The van der Waals surface area contributed by atoms with Crippen LogP contribution in [0.25, 0.3) is 0 Å². The first-order valence-corrected chi connectivity index (χ1v) is 8.25. The minimum atomic E-state index is 0.0902. The van der Waals surface area contributed by atoms with Gasteiger partial charge < -0.3 is 14.5 Å². The number of hydrogen-bond acceptors (Lipinski definition) is 5. The third-order valence-electron chi connectivity index (χ3n) is 4.11. The fourth-order valence-corrected chi connectivity index (χ4v) is 2.72. The van der Waals surface area contributed by atoms with Crippen LogP contribution < -0.4 is 9.64 Å². The van der Waals surface area contributed by atoms with E-state index in [2.05, 4.69) is 15.1 Å². The van der Waals surface area contributed by atoms with E-state index < -0.39 is 0 Å². The third-order valence-corrected chi connectivity index (χ3v) is 4.11. The number of nitrogens with zero attached hydrogens (tertiary/aromatic N) is 4. The van der Waals surface area contributed by atoms with Crippen LogP contribution >= 0.6 is 0 Å². The van der Waals surface area contributed by atoms with Crippen LogP contribution in [0, 0.1) is 6.92 Å². The molecule has 3 rings (SSSR count). The molecule has 0 aliphatic carbocycles. The van der Waals surface area contributed by atoms with Crippen LogP contribution in [0.4, 0.5) is 5.82 Å². The lowest BCUT2D eigenvalue weighted by molar-refractivity contribution is 0.0746. The van der Waals surface area contributed by atoms with Crippen molar-refractivity contribution in [3.8, 4) is 5.88 Å². The predicted molar refractivity (Wildman–Crippen MR) is 92.5 cm³/mol. The highest BCUT2D eigenvalue weighted by Crippen LogP contribution is 2.16. The Morgan fingerprint density at radius 1 is 1.04 bits per heavy atom. The summed E-state index contributed by atoms with van der Waals surface area (Å²) in [5.74, 6) is 1.45. The molecule has 1 aromatic heterocycles. The number of rotatable bonds is 4. The van der Waals surface area contributed by atoms with Gasteiger partial charge in [0.05, 0.1) is 6.61 Å². The maximum Gasteiger partial charge on any atom is 0.253 e. The van der Waals surface area contributed by atoms with E-state index in [-0.39, 0.29) is 5.91 Å². The molecule has 2 heterocycles. The van der Waals surface area contributed by atoms with Gasteiger partial charge in [0, 0.05) is 37.8 Å². The number of ether oxygens (including phenoxy) is 1. The van der Waals surface area contributed by atoms with Crippen molar-refractivity contribution in [2.24, 2.45) is 0 Å². The maximum atomic E-state index is 12.5. The highest BCUT2D eigenvalue weighted by molar-refractivity contribution is 5.94. The summed E-state index contributed by atoms with van der Waals surface area (Å²) < 4.78 is 5.31. The van der Waals surface area contributed by atoms with E-state index in [1.54, 1.807) is 0 Å². The van der Waals surface area contributed by atoms with Gasteiger partial charge in [0.1, 0.15) is 0 Å². The molecule has 1 aliphatic rings. The van der Waals surface area contributed by atoms with E-state index in [9.17, 15) is 4.79 Å². The van der Waals surface area contributed by atoms with Gasteiger partial charge in [0.25, 0.3) is 5.91 Å². The number of carbonyl (C=O) groups is 1. The van der Waals surface area contributed by atoms with Gasteiger partial charge >= 0.3 is 0 Å². The molecular formula is C18H22N4O2. The first kappa shape index (κ1) is 16.2. The number of benzene rings is 1. The Morgan fingerprint density at radius 3 is 2.33 bits per heavy atom. The Balaban J connectivity index is 1.59. The Labute approximate surface area is 142 Å². The van der Waals surface area contributed by atoms with E-state index in [4.69, 9.17) is 4.74 Å². The van der Waals surface area contributed by atoms with Crippen molar-refractivity contribution < 1.29 is 9.53 Å². The number of piperazine rings is 1. The van der Waals surface area contributed by atoms with Crippen molar-refractivity contribution in [2.75, 3.05) is 37.7 Å². The fraction of sp³-hybridized carbons (Fsp3) is 0.389. The van der Waals surface area contributed by atoms with Crippen molar-refractivity contribution in [1.82, 2.24) is 15.1 Å². The number of hydrogen-bond donors (Lipinski definition) is 0. The molecule has 6 nitrogen and oxygen atoms in total. The van der Waals surface area contributed by atoms with Crippen molar-refractivity contribution in [2.45, 2.75) is 13.8 Å². The first-order valence-electron chi connectivity index (χ1n) is 8.25.